The molecule has 0 N–H and O–H groups in total. The molecule has 0 atom stereocenters. The highest BCUT2D eigenvalue weighted by atomic mass is 15.4. The standard InChI is InChI=1S/C14H25N3/c1-2-4-6-8-10-14(11-9-7-5-3-1)17-13-12-15-16-17/h12-14H,1-11H2. The molecule has 1 saturated carbocycles. The first kappa shape index (κ1) is 12.6. The smallest absolute Gasteiger partial charge is 0.0693 e. The fourth-order valence-electron chi connectivity index (χ4n) is 2.82. The maximum absolute atomic E-state index is 4.17. The highest BCUT2D eigenvalue weighted by Crippen LogP contribution is 2.23. The summed E-state index contributed by atoms with van der Waals surface area (Å²) in [7, 11) is 0. The second-order valence-corrected chi connectivity index (χ2v) is 5.30. The zero-order valence-electron chi connectivity index (χ0n) is 10.9. The number of hydrogen-bond donors (Lipinski definition) is 0. The van der Waals surface area contributed by atoms with Gasteiger partial charge in [0, 0.05) is 6.20 Å². The molecule has 0 bridgehead atoms. The lowest BCUT2D eigenvalue weighted by molar-refractivity contribution is 0.355. The van der Waals surface area contributed by atoms with Crippen LogP contribution in [-0.2, 0) is 0 Å². The van der Waals surface area contributed by atoms with Gasteiger partial charge in [-0.2, -0.15) is 0 Å². The van der Waals surface area contributed by atoms with Gasteiger partial charge in [0.15, 0.2) is 0 Å². The molecule has 2 rings (SSSR count). The van der Waals surface area contributed by atoms with Gasteiger partial charge in [-0.25, -0.2) is 4.68 Å². The van der Waals surface area contributed by atoms with E-state index in [-0.39, 0.29) is 0 Å². The van der Waals surface area contributed by atoms with Crippen LogP contribution in [0, 0.1) is 0 Å². The summed E-state index contributed by atoms with van der Waals surface area (Å²) < 4.78 is 2.08. The van der Waals surface area contributed by atoms with Crippen LogP contribution in [0.25, 0.3) is 0 Å². The molecule has 0 unspecified atom stereocenters. The fourth-order valence-corrected chi connectivity index (χ4v) is 2.82. The van der Waals surface area contributed by atoms with Gasteiger partial charge in [-0.15, -0.1) is 5.10 Å². The highest BCUT2D eigenvalue weighted by Gasteiger charge is 2.11. The molecule has 1 fully saturated rings. The minimum atomic E-state index is 0.594. The Balaban J connectivity index is 1.84. The zero-order valence-corrected chi connectivity index (χ0v) is 10.9. The number of aromatic nitrogens is 3. The molecule has 1 aliphatic carbocycles. The lowest BCUT2D eigenvalue weighted by Gasteiger charge is -2.17. The molecule has 0 spiro atoms. The van der Waals surface area contributed by atoms with Crippen molar-refractivity contribution in [3.05, 3.63) is 12.4 Å². The van der Waals surface area contributed by atoms with E-state index in [1.807, 2.05) is 6.20 Å². The molecule has 0 amide bonds. The fraction of sp³-hybridized carbons (Fsp3) is 0.857. The molecule has 1 heterocycles. The van der Waals surface area contributed by atoms with E-state index in [1.165, 1.54) is 70.6 Å². The van der Waals surface area contributed by atoms with E-state index in [9.17, 15) is 0 Å². The Labute approximate surface area is 105 Å². The molecule has 0 saturated heterocycles. The van der Waals surface area contributed by atoms with E-state index in [0.717, 1.165) is 0 Å². The Kier molecular flexibility index (Phi) is 5.53. The van der Waals surface area contributed by atoms with E-state index in [2.05, 4.69) is 15.0 Å². The summed E-state index contributed by atoms with van der Waals surface area (Å²) in [6, 6.07) is 0.594. The van der Waals surface area contributed by atoms with Crippen molar-refractivity contribution in [2.75, 3.05) is 0 Å². The minimum absolute atomic E-state index is 0.594. The monoisotopic (exact) mass is 235 g/mol. The Morgan fingerprint density at radius 1 is 0.765 bits per heavy atom. The van der Waals surface area contributed by atoms with Crippen LogP contribution in [0.2, 0.25) is 0 Å². The molecule has 1 aromatic rings. The predicted molar refractivity (Wildman–Crippen MR) is 69.8 cm³/mol. The predicted octanol–water partition coefficient (Wildman–Crippen LogP) is 4.12. The van der Waals surface area contributed by atoms with Gasteiger partial charge in [0.25, 0.3) is 0 Å². The normalized spacial score (nSPS) is 21.6. The van der Waals surface area contributed by atoms with Crippen molar-refractivity contribution >= 4 is 0 Å². The summed E-state index contributed by atoms with van der Waals surface area (Å²) in [5, 5.41) is 8.11. The molecule has 96 valence electrons. The number of hydrogen-bond acceptors (Lipinski definition) is 2. The highest BCUT2D eigenvalue weighted by molar-refractivity contribution is 4.73. The van der Waals surface area contributed by atoms with Gasteiger partial charge in [0.2, 0.25) is 0 Å². The van der Waals surface area contributed by atoms with Crippen LogP contribution in [0.1, 0.15) is 76.7 Å². The van der Waals surface area contributed by atoms with Gasteiger partial charge in [0.05, 0.1) is 12.2 Å². The topological polar surface area (TPSA) is 30.7 Å². The first-order valence-corrected chi connectivity index (χ1v) is 7.32. The molecule has 1 aliphatic rings. The summed E-state index contributed by atoms with van der Waals surface area (Å²) >= 11 is 0. The lowest BCUT2D eigenvalue weighted by atomic mass is 9.98. The summed E-state index contributed by atoms with van der Waals surface area (Å²) in [5.41, 5.74) is 0. The van der Waals surface area contributed by atoms with Gasteiger partial charge in [-0.05, 0) is 12.8 Å². The maximum atomic E-state index is 4.17. The average Bonchev–Trinajstić information content (AvgIpc) is 2.83. The van der Waals surface area contributed by atoms with Crippen LogP contribution in [0.3, 0.4) is 0 Å². The Morgan fingerprint density at radius 2 is 1.29 bits per heavy atom. The molecular formula is C14H25N3. The van der Waals surface area contributed by atoms with E-state index in [4.69, 9.17) is 0 Å². The van der Waals surface area contributed by atoms with Crippen molar-refractivity contribution in [1.82, 2.24) is 15.0 Å². The van der Waals surface area contributed by atoms with Crippen molar-refractivity contribution in [2.24, 2.45) is 0 Å². The average molecular weight is 235 g/mol. The molecular weight excluding hydrogens is 210 g/mol. The Morgan fingerprint density at radius 3 is 1.76 bits per heavy atom. The van der Waals surface area contributed by atoms with Crippen LogP contribution in [0.15, 0.2) is 12.4 Å². The van der Waals surface area contributed by atoms with Crippen LogP contribution in [-0.4, -0.2) is 15.0 Å². The lowest BCUT2D eigenvalue weighted by Crippen LogP contribution is -2.10. The zero-order chi connectivity index (χ0) is 11.8. The molecule has 0 aromatic carbocycles. The van der Waals surface area contributed by atoms with Gasteiger partial charge in [0.1, 0.15) is 0 Å². The second kappa shape index (κ2) is 7.46. The van der Waals surface area contributed by atoms with E-state index < -0.39 is 0 Å². The van der Waals surface area contributed by atoms with Crippen molar-refractivity contribution < 1.29 is 0 Å². The van der Waals surface area contributed by atoms with Crippen LogP contribution in [0.5, 0.6) is 0 Å². The Hall–Kier alpha value is -0.860. The van der Waals surface area contributed by atoms with Crippen molar-refractivity contribution in [3.63, 3.8) is 0 Å². The van der Waals surface area contributed by atoms with Crippen molar-refractivity contribution in [1.29, 1.82) is 0 Å². The molecule has 1 aromatic heterocycles. The molecule has 0 radical (unpaired) electrons. The third kappa shape index (κ3) is 4.49. The summed E-state index contributed by atoms with van der Waals surface area (Å²) in [5.74, 6) is 0. The van der Waals surface area contributed by atoms with Crippen LogP contribution in [0.4, 0.5) is 0 Å². The Bertz CT molecular complexity index is 270. The molecule has 3 heteroatoms. The maximum Gasteiger partial charge on any atom is 0.0693 e. The SMILES string of the molecule is c1cn(C2CCCCCCCCCCC2)nn1. The van der Waals surface area contributed by atoms with Gasteiger partial charge < -0.3 is 0 Å². The summed E-state index contributed by atoms with van der Waals surface area (Å²) in [6.07, 6.45) is 19.0. The quantitative estimate of drug-likeness (QED) is 0.733. The molecule has 3 nitrogen and oxygen atoms in total. The van der Waals surface area contributed by atoms with E-state index >= 15 is 0 Å². The van der Waals surface area contributed by atoms with Crippen molar-refractivity contribution in [2.45, 2.75) is 76.7 Å². The number of nitrogens with zero attached hydrogens (tertiary/aromatic N) is 3. The first-order valence-electron chi connectivity index (χ1n) is 7.32. The van der Waals surface area contributed by atoms with Crippen LogP contribution >= 0.6 is 0 Å². The largest absolute Gasteiger partial charge is 0.250 e. The summed E-state index contributed by atoms with van der Waals surface area (Å²) in [4.78, 5) is 0. The van der Waals surface area contributed by atoms with Gasteiger partial charge in [-0.3, -0.25) is 0 Å². The van der Waals surface area contributed by atoms with Gasteiger partial charge >= 0.3 is 0 Å². The first-order chi connectivity index (χ1) is 8.47. The summed E-state index contributed by atoms with van der Waals surface area (Å²) in [6.45, 7) is 0. The van der Waals surface area contributed by atoms with Gasteiger partial charge in [-0.1, -0.05) is 63.0 Å². The molecule has 0 aliphatic heterocycles. The second-order valence-electron chi connectivity index (χ2n) is 5.30. The molecule has 17 heavy (non-hydrogen) atoms. The number of rotatable bonds is 1. The third-order valence-corrected chi connectivity index (χ3v) is 3.89. The van der Waals surface area contributed by atoms with Crippen molar-refractivity contribution in [3.8, 4) is 0 Å². The minimum Gasteiger partial charge on any atom is -0.250 e. The third-order valence-electron chi connectivity index (χ3n) is 3.89. The van der Waals surface area contributed by atoms with Crippen LogP contribution < -0.4 is 0 Å². The van der Waals surface area contributed by atoms with E-state index in [1.54, 1.807) is 6.20 Å². The van der Waals surface area contributed by atoms with E-state index in [0.29, 0.717) is 6.04 Å².